The molecule has 0 fully saturated rings. The number of carbonyl (C=O) groups is 4. The van der Waals surface area contributed by atoms with E-state index in [0.29, 0.717) is 63.1 Å². The third-order valence-corrected chi connectivity index (χ3v) is 7.29. The Morgan fingerprint density at radius 2 is 1.52 bits per heavy atom. The van der Waals surface area contributed by atoms with Crippen LogP contribution in [0.1, 0.15) is 93.4 Å². The van der Waals surface area contributed by atoms with Crippen molar-refractivity contribution in [2.45, 2.75) is 118 Å². The van der Waals surface area contributed by atoms with E-state index in [9.17, 15) is 24.3 Å². The lowest BCUT2D eigenvalue weighted by Crippen LogP contribution is -2.57. The van der Waals surface area contributed by atoms with Gasteiger partial charge in [0.15, 0.2) is 0 Å². The van der Waals surface area contributed by atoms with E-state index in [4.69, 9.17) is 0 Å². The van der Waals surface area contributed by atoms with Crippen LogP contribution in [0.4, 0.5) is 0 Å². The maximum Gasteiger partial charge on any atom is 0.251 e. The van der Waals surface area contributed by atoms with Crippen LogP contribution in [0.15, 0.2) is 35.6 Å². The number of aliphatic hydroxyl groups excluding tert-OH is 1. The first-order chi connectivity index (χ1) is 20.0. The van der Waals surface area contributed by atoms with Crippen molar-refractivity contribution in [1.82, 2.24) is 26.6 Å². The topological polar surface area (TPSA) is 149 Å². The van der Waals surface area contributed by atoms with Gasteiger partial charge in [-0.15, -0.1) is 0 Å². The number of carbonyl (C=O) groups excluding carboxylic acids is 4. The van der Waals surface area contributed by atoms with Crippen LogP contribution >= 0.6 is 0 Å². The highest BCUT2D eigenvalue weighted by Gasteiger charge is 2.31. The number of hydrogen-bond donors (Lipinski definition) is 6. The Morgan fingerprint density at radius 1 is 0.857 bits per heavy atom. The van der Waals surface area contributed by atoms with E-state index >= 15 is 0 Å². The van der Waals surface area contributed by atoms with Crippen molar-refractivity contribution in [1.29, 1.82) is 0 Å². The number of rotatable bonds is 19. The molecule has 10 nitrogen and oxygen atoms in total. The number of hydrogen-bond acceptors (Lipinski definition) is 6. The largest absolute Gasteiger partial charge is 0.512 e. The number of amides is 4. The van der Waals surface area contributed by atoms with E-state index in [0.717, 1.165) is 6.42 Å². The van der Waals surface area contributed by atoms with E-state index in [1.165, 1.54) is 12.2 Å². The van der Waals surface area contributed by atoms with E-state index in [1.54, 1.807) is 12.2 Å². The van der Waals surface area contributed by atoms with Gasteiger partial charge < -0.3 is 31.7 Å². The van der Waals surface area contributed by atoms with E-state index in [2.05, 4.69) is 40.4 Å². The van der Waals surface area contributed by atoms with Gasteiger partial charge in [-0.3, -0.25) is 19.2 Å². The molecule has 0 bridgehead atoms. The monoisotopic (exact) mass is 589 g/mol. The minimum absolute atomic E-state index is 0.0499. The third-order valence-electron chi connectivity index (χ3n) is 7.29. The minimum atomic E-state index is -0.843. The smallest absolute Gasteiger partial charge is 0.251 e. The molecule has 5 atom stereocenters. The van der Waals surface area contributed by atoms with Gasteiger partial charge >= 0.3 is 0 Å². The zero-order chi connectivity index (χ0) is 31.7. The maximum absolute atomic E-state index is 13.5. The van der Waals surface area contributed by atoms with Gasteiger partial charge in [0.05, 0.1) is 11.8 Å². The van der Waals surface area contributed by atoms with Crippen molar-refractivity contribution in [3.63, 3.8) is 0 Å². The van der Waals surface area contributed by atoms with Crippen LogP contribution in [0.2, 0.25) is 0 Å². The minimum Gasteiger partial charge on any atom is -0.512 e. The molecule has 0 aromatic carbocycles. The summed E-state index contributed by atoms with van der Waals surface area (Å²) in [6.07, 6.45) is 10.6. The Hall–Kier alpha value is -3.14. The maximum atomic E-state index is 13.5. The second-order valence-electron chi connectivity index (χ2n) is 11.6. The Balaban J connectivity index is 3.02. The molecule has 0 unspecified atom stereocenters. The summed E-state index contributed by atoms with van der Waals surface area (Å²) in [6.45, 7) is 14.8. The summed E-state index contributed by atoms with van der Waals surface area (Å²) < 4.78 is 0. The molecule has 0 aromatic heterocycles. The molecule has 0 aliphatic heterocycles. The molecule has 6 N–H and O–H groups in total. The highest BCUT2D eigenvalue weighted by Crippen LogP contribution is 2.14. The first-order valence-electron chi connectivity index (χ1n) is 15.7. The van der Waals surface area contributed by atoms with Crippen LogP contribution < -0.4 is 26.6 Å². The highest BCUT2D eigenvalue weighted by molar-refractivity contribution is 6.00. The molecule has 1 aliphatic rings. The van der Waals surface area contributed by atoms with Gasteiger partial charge in [-0.25, -0.2) is 0 Å². The van der Waals surface area contributed by atoms with Crippen molar-refractivity contribution in [2.75, 3.05) is 13.1 Å². The van der Waals surface area contributed by atoms with Gasteiger partial charge in [0.25, 0.3) is 5.91 Å². The quantitative estimate of drug-likeness (QED) is 0.136. The average molecular weight is 590 g/mol. The SMILES string of the molecule is CCC[C@H](NC[C@H](CC(C)C)NC(=O)[C@H](CCC)NC(=O)[C@@H](NC(=O)C1=CC=C(O)CC=C1)[C@@H](C)CC)C(=O)NCC. The van der Waals surface area contributed by atoms with Crippen LogP contribution in [0, 0.1) is 11.8 Å². The summed E-state index contributed by atoms with van der Waals surface area (Å²) in [5.74, 6) is -0.903. The van der Waals surface area contributed by atoms with Crippen LogP contribution in [0.5, 0.6) is 0 Å². The van der Waals surface area contributed by atoms with E-state index in [-0.39, 0.29) is 35.6 Å². The third kappa shape index (κ3) is 13.2. The lowest BCUT2D eigenvalue weighted by molar-refractivity contribution is -0.132. The molecule has 238 valence electrons. The Kier molecular flexibility index (Phi) is 17.5. The lowest BCUT2D eigenvalue weighted by Gasteiger charge is -2.29. The van der Waals surface area contributed by atoms with Crippen molar-refractivity contribution >= 4 is 23.6 Å². The summed E-state index contributed by atoms with van der Waals surface area (Å²) in [4.78, 5) is 52.5. The average Bonchev–Trinajstić information content (AvgIpc) is 3.17. The summed E-state index contributed by atoms with van der Waals surface area (Å²) in [6, 6.07) is -2.19. The fraction of sp³-hybridized carbons (Fsp3) is 0.688. The molecule has 10 heteroatoms. The molecule has 1 rings (SSSR count). The van der Waals surface area contributed by atoms with Crippen LogP contribution in [-0.2, 0) is 19.2 Å². The molecule has 0 saturated carbocycles. The second-order valence-corrected chi connectivity index (χ2v) is 11.6. The van der Waals surface area contributed by atoms with E-state index < -0.39 is 23.9 Å². The number of nitrogens with one attached hydrogen (secondary N) is 5. The molecule has 0 spiro atoms. The molecular weight excluding hydrogens is 534 g/mol. The lowest BCUT2D eigenvalue weighted by atomic mass is 9.97. The fourth-order valence-electron chi connectivity index (χ4n) is 4.77. The first-order valence-corrected chi connectivity index (χ1v) is 15.7. The van der Waals surface area contributed by atoms with E-state index in [1.807, 2.05) is 34.6 Å². The molecule has 0 heterocycles. The van der Waals surface area contributed by atoms with Gasteiger partial charge in [0, 0.05) is 31.1 Å². The molecule has 1 aliphatic carbocycles. The summed E-state index contributed by atoms with van der Waals surface area (Å²) in [5, 5.41) is 24.8. The van der Waals surface area contributed by atoms with Gasteiger partial charge in [0.1, 0.15) is 12.1 Å². The molecule has 0 aromatic rings. The molecule has 0 saturated heterocycles. The van der Waals surface area contributed by atoms with Crippen molar-refractivity contribution in [3.8, 4) is 0 Å². The zero-order valence-electron chi connectivity index (χ0n) is 26.7. The van der Waals surface area contributed by atoms with Gasteiger partial charge in [0.2, 0.25) is 17.7 Å². The van der Waals surface area contributed by atoms with Gasteiger partial charge in [-0.1, -0.05) is 73.0 Å². The highest BCUT2D eigenvalue weighted by atomic mass is 16.3. The predicted molar refractivity (Wildman–Crippen MR) is 168 cm³/mol. The van der Waals surface area contributed by atoms with Crippen molar-refractivity contribution < 1.29 is 24.3 Å². The van der Waals surface area contributed by atoms with Crippen LogP contribution in [0.25, 0.3) is 0 Å². The van der Waals surface area contributed by atoms with Crippen LogP contribution in [0.3, 0.4) is 0 Å². The molecular formula is C32H55N5O5. The number of aliphatic hydroxyl groups is 1. The standard InChI is InChI=1S/C32H55N5O5/c1-8-13-26(30(40)33-11-4)34-20-24(19-21(5)6)35-31(41)27(14-9-2)36-32(42)28(22(7)10-3)37-29(39)23-15-12-16-25(38)18-17-23/h12,15,17-18,21-22,24,26-28,34,38H,8-11,13-14,16,19-20H2,1-7H3,(H,33,40)(H,35,41)(H,36,42)(H,37,39)/t22-,24-,26-,27-,28-/m0/s1. The van der Waals surface area contributed by atoms with Gasteiger partial charge in [-0.05, 0) is 50.2 Å². The summed E-state index contributed by atoms with van der Waals surface area (Å²) in [7, 11) is 0. The van der Waals surface area contributed by atoms with Gasteiger partial charge in [-0.2, -0.15) is 0 Å². The Bertz CT molecular complexity index is 974. The molecule has 42 heavy (non-hydrogen) atoms. The molecule has 0 radical (unpaired) electrons. The fourth-order valence-corrected chi connectivity index (χ4v) is 4.77. The first kappa shape index (κ1) is 36.9. The predicted octanol–water partition coefficient (Wildman–Crippen LogP) is 3.56. The second kappa shape index (κ2) is 19.9. The summed E-state index contributed by atoms with van der Waals surface area (Å²) >= 11 is 0. The number of allylic oxidation sites excluding steroid dienone is 3. The van der Waals surface area contributed by atoms with Crippen LogP contribution in [-0.4, -0.2) is 66.0 Å². The Labute approximate surface area is 252 Å². The molecule has 4 amide bonds. The van der Waals surface area contributed by atoms with Crippen molar-refractivity contribution in [2.24, 2.45) is 11.8 Å². The Morgan fingerprint density at radius 3 is 2.12 bits per heavy atom. The van der Waals surface area contributed by atoms with Crippen molar-refractivity contribution in [3.05, 3.63) is 35.6 Å². The normalized spacial score (nSPS) is 16.7. The number of likely N-dealkylation sites (N-methyl/N-ethyl adjacent to an activating group) is 1. The summed E-state index contributed by atoms with van der Waals surface area (Å²) in [5.41, 5.74) is 0.334. The zero-order valence-corrected chi connectivity index (χ0v) is 26.7.